The quantitative estimate of drug-likeness (QED) is 0.677. The normalized spacial score (nSPS) is 11.1. The van der Waals surface area contributed by atoms with E-state index < -0.39 is 7.12 Å². The Bertz CT molecular complexity index is 270. The first kappa shape index (κ1) is 12.1. The van der Waals surface area contributed by atoms with Crippen LogP contribution in [0.15, 0.2) is 18.3 Å². The van der Waals surface area contributed by atoms with Crippen molar-refractivity contribution >= 4 is 12.7 Å². The van der Waals surface area contributed by atoms with Crippen LogP contribution in [0.3, 0.4) is 0 Å². The van der Waals surface area contributed by atoms with Crippen LogP contribution in [0, 0.1) is 0 Å². The van der Waals surface area contributed by atoms with Crippen molar-refractivity contribution in [2.24, 2.45) is 0 Å². The number of hydrogen-bond acceptors (Lipinski definition) is 4. The predicted octanol–water partition coefficient (Wildman–Crippen LogP) is 1.02. The minimum atomic E-state index is -0.432. The van der Waals surface area contributed by atoms with Gasteiger partial charge in [0.05, 0.1) is 5.59 Å². The van der Waals surface area contributed by atoms with E-state index in [0.717, 1.165) is 0 Å². The molecule has 4 nitrogen and oxygen atoms in total. The highest BCUT2D eigenvalue weighted by Crippen LogP contribution is 1.99. The highest BCUT2D eigenvalue weighted by atomic mass is 16.6. The lowest BCUT2D eigenvalue weighted by atomic mass is 9.83. The van der Waals surface area contributed by atoms with Crippen molar-refractivity contribution in [2.75, 3.05) is 0 Å². The van der Waals surface area contributed by atoms with Gasteiger partial charge in [-0.25, -0.2) is 0 Å². The van der Waals surface area contributed by atoms with E-state index in [-0.39, 0.29) is 12.2 Å². The Kier molecular flexibility index (Phi) is 4.71. The summed E-state index contributed by atoms with van der Waals surface area (Å²) in [4.78, 5) is 0. The molecule has 0 aromatic carbocycles. The van der Waals surface area contributed by atoms with E-state index in [1.165, 1.54) is 0 Å². The summed E-state index contributed by atoms with van der Waals surface area (Å²) in [6, 6.07) is 3.67. The summed E-state index contributed by atoms with van der Waals surface area (Å²) in [7, 11) is -0.432. The Morgan fingerprint density at radius 1 is 1.13 bits per heavy atom. The van der Waals surface area contributed by atoms with E-state index in [4.69, 9.17) is 9.31 Å². The first-order chi connectivity index (χ1) is 7.09. The van der Waals surface area contributed by atoms with Crippen LogP contribution in [0.1, 0.15) is 27.7 Å². The van der Waals surface area contributed by atoms with Crippen LogP contribution in [0.4, 0.5) is 0 Å². The molecule has 15 heavy (non-hydrogen) atoms. The summed E-state index contributed by atoms with van der Waals surface area (Å²) in [6.45, 7) is 7.86. The van der Waals surface area contributed by atoms with Gasteiger partial charge in [-0.15, -0.1) is 0 Å². The van der Waals surface area contributed by atoms with Gasteiger partial charge in [0.25, 0.3) is 0 Å². The SMILES string of the molecule is CC(C)OB(OC(C)C)c1cccnn1. The van der Waals surface area contributed by atoms with Crippen LogP contribution < -0.4 is 5.59 Å². The third-order valence-electron chi connectivity index (χ3n) is 1.63. The molecule has 1 rings (SSSR count). The largest absolute Gasteiger partial charge is 0.515 e. The van der Waals surface area contributed by atoms with Gasteiger partial charge in [0.1, 0.15) is 0 Å². The number of hydrogen-bond donors (Lipinski definition) is 0. The molecule has 1 aromatic heterocycles. The maximum Gasteiger partial charge on any atom is 0.515 e. The molecule has 0 saturated carbocycles. The van der Waals surface area contributed by atoms with Crippen LogP contribution in [-0.4, -0.2) is 29.5 Å². The molecule has 0 radical (unpaired) electrons. The second-order valence-corrected chi connectivity index (χ2v) is 3.85. The third-order valence-corrected chi connectivity index (χ3v) is 1.63. The summed E-state index contributed by atoms with van der Waals surface area (Å²) in [5.41, 5.74) is 0.708. The predicted molar refractivity (Wildman–Crippen MR) is 59.9 cm³/mol. The maximum atomic E-state index is 5.62. The molecule has 0 saturated heterocycles. The fourth-order valence-electron chi connectivity index (χ4n) is 1.11. The lowest BCUT2D eigenvalue weighted by Crippen LogP contribution is -2.42. The topological polar surface area (TPSA) is 44.2 Å². The van der Waals surface area contributed by atoms with E-state index in [0.29, 0.717) is 5.59 Å². The zero-order valence-corrected chi connectivity index (χ0v) is 9.68. The average molecular weight is 208 g/mol. The first-order valence-electron chi connectivity index (χ1n) is 5.18. The first-order valence-corrected chi connectivity index (χ1v) is 5.18. The zero-order chi connectivity index (χ0) is 11.3. The lowest BCUT2D eigenvalue weighted by molar-refractivity contribution is 0.138. The van der Waals surface area contributed by atoms with Gasteiger partial charge in [-0.2, -0.15) is 10.2 Å². The van der Waals surface area contributed by atoms with Gasteiger partial charge in [0.2, 0.25) is 0 Å². The third kappa shape index (κ3) is 4.40. The molecule has 0 aliphatic carbocycles. The van der Waals surface area contributed by atoms with Crippen molar-refractivity contribution in [2.45, 2.75) is 39.9 Å². The second kappa shape index (κ2) is 5.83. The van der Waals surface area contributed by atoms with Gasteiger partial charge >= 0.3 is 7.12 Å². The van der Waals surface area contributed by atoms with Gasteiger partial charge < -0.3 is 9.31 Å². The van der Waals surface area contributed by atoms with Crippen molar-refractivity contribution in [3.05, 3.63) is 18.3 Å². The van der Waals surface area contributed by atoms with E-state index in [2.05, 4.69) is 10.2 Å². The lowest BCUT2D eigenvalue weighted by Gasteiger charge is -2.18. The molecule has 0 atom stereocenters. The average Bonchev–Trinajstić information content (AvgIpc) is 2.17. The molecule has 0 spiro atoms. The van der Waals surface area contributed by atoms with Crippen LogP contribution in [-0.2, 0) is 9.31 Å². The smallest absolute Gasteiger partial charge is 0.404 e. The fraction of sp³-hybridized carbons (Fsp3) is 0.600. The number of rotatable bonds is 5. The highest BCUT2D eigenvalue weighted by molar-refractivity contribution is 6.60. The molecule has 82 valence electrons. The van der Waals surface area contributed by atoms with Crippen molar-refractivity contribution < 1.29 is 9.31 Å². The van der Waals surface area contributed by atoms with Gasteiger partial charge in [-0.3, -0.25) is 0 Å². The summed E-state index contributed by atoms with van der Waals surface area (Å²) in [5.74, 6) is 0. The van der Waals surface area contributed by atoms with Crippen LogP contribution in [0.2, 0.25) is 0 Å². The second-order valence-electron chi connectivity index (χ2n) is 3.85. The van der Waals surface area contributed by atoms with Crippen molar-refractivity contribution in [1.29, 1.82) is 0 Å². The van der Waals surface area contributed by atoms with E-state index in [1.54, 1.807) is 6.20 Å². The molecule has 1 heterocycles. The Hall–Kier alpha value is -0.935. The summed E-state index contributed by atoms with van der Waals surface area (Å²) in [5, 5.41) is 7.80. The Morgan fingerprint density at radius 3 is 2.13 bits per heavy atom. The van der Waals surface area contributed by atoms with Gasteiger partial charge in [-0.1, -0.05) is 0 Å². The number of aromatic nitrogens is 2. The fourth-order valence-corrected chi connectivity index (χ4v) is 1.11. The van der Waals surface area contributed by atoms with Gasteiger partial charge in [-0.05, 0) is 39.8 Å². The monoisotopic (exact) mass is 208 g/mol. The highest BCUT2D eigenvalue weighted by Gasteiger charge is 2.25. The van der Waals surface area contributed by atoms with Crippen LogP contribution in [0.25, 0.3) is 0 Å². The minimum Gasteiger partial charge on any atom is -0.404 e. The van der Waals surface area contributed by atoms with E-state index in [1.807, 2.05) is 39.8 Å². The maximum absolute atomic E-state index is 5.62. The van der Waals surface area contributed by atoms with Crippen LogP contribution in [0.5, 0.6) is 0 Å². The summed E-state index contributed by atoms with van der Waals surface area (Å²) >= 11 is 0. The molecular weight excluding hydrogens is 191 g/mol. The van der Waals surface area contributed by atoms with Crippen molar-refractivity contribution in [3.63, 3.8) is 0 Å². The summed E-state index contributed by atoms with van der Waals surface area (Å²) in [6.07, 6.45) is 1.82. The zero-order valence-electron chi connectivity index (χ0n) is 9.68. The van der Waals surface area contributed by atoms with Crippen molar-refractivity contribution in [1.82, 2.24) is 10.2 Å². The van der Waals surface area contributed by atoms with E-state index in [9.17, 15) is 0 Å². The molecule has 5 heteroatoms. The molecule has 0 amide bonds. The standard InChI is InChI=1S/C10H17BN2O2/c1-8(2)14-11(15-9(3)4)10-6-5-7-12-13-10/h5-9H,1-4H3. The molecular formula is C10H17BN2O2. The van der Waals surface area contributed by atoms with E-state index >= 15 is 0 Å². The van der Waals surface area contributed by atoms with Crippen molar-refractivity contribution in [3.8, 4) is 0 Å². The molecule has 1 aromatic rings. The molecule has 0 unspecified atom stereocenters. The van der Waals surface area contributed by atoms with Crippen LogP contribution >= 0.6 is 0 Å². The molecule has 0 N–H and O–H groups in total. The molecule has 0 fully saturated rings. The Morgan fingerprint density at radius 2 is 1.73 bits per heavy atom. The molecule has 0 aliphatic rings. The minimum absolute atomic E-state index is 0.0933. The summed E-state index contributed by atoms with van der Waals surface area (Å²) < 4.78 is 11.2. The Labute approximate surface area is 91.1 Å². The van der Waals surface area contributed by atoms with Gasteiger partial charge in [0, 0.05) is 18.4 Å². The van der Waals surface area contributed by atoms with Gasteiger partial charge in [0.15, 0.2) is 0 Å². The number of nitrogens with zero attached hydrogens (tertiary/aromatic N) is 2. The Balaban J connectivity index is 2.72. The molecule has 0 bridgehead atoms. The molecule has 0 aliphatic heterocycles.